The van der Waals surface area contributed by atoms with Crippen LogP contribution < -0.4 is 9.47 Å². The summed E-state index contributed by atoms with van der Waals surface area (Å²) in [6.45, 7) is 3.19. The van der Waals surface area contributed by atoms with Gasteiger partial charge in [-0.3, -0.25) is 0 Å². The summed E-state index contributed by atoms with van der Waals surface area (Å²) < 4.78 is 15.2. The van der Waals surface area contributed by atoms with Crippen LogP contribution in [0.5, 0.6) is 11.5 Å². The molecule has 0 N–H and O–H groups in total. The molecule has 0 aromatic heterocycles. The van der Waals surface area contributed by atoms with Crippen molar-refractivity contribution in [1.29, 1.82) is 5.26 Å². The number of carbonyl (C=O) groups excluding carboxylic acids is 1. The Morgan fingerprint density at radius 2 is 2.00 bits per heavy atom. The van der Waals surface area contributed by atoms with Crippen LogP contribution in [0, 0.1) is 11.3 Å². The maximum Gasteiger partial charge on any atom is 0.338 e. The fraction of sp³-hybridized carbons (Fsp3) is 0.385. The molecule has 0 aliphatic rings. The average molecular weight is 284 g/mol. The third kappa shape index (κ3) is 3.52. The smallest absolute Gasteiger partial charge is 0.338 e. The van der Waals surface area contributed by atoms with E-state index < -0.39 is 11.6 Å². The Morgan fingerprint density at radius 1 is 1.37 bits per heavy atom. The fourth-order valence-electron chi connectivity index (χ4n) is 1.33. The number of halogens is 1. The molecule has 0 bridgehead atoms. The molecule has 0 amide bonds. The zero-order chi connectivity index (χ0) is 14.6. The number of methoxy groups -OCH3 is 2. The Labute approximate surface area is 116 Å². The second kappa shape index (κ2) is 5.81. The summed E-state index contributed by atoms with van der Waals surface area (Å²) in [5.41, 5.74) is -0.824. The number of esters is 1. The van der Waals surface area contributed by atoms with Crippen molar-refractivity contribution in [1.82, 2.24) is 0 Å². The SMILES string of the molecule is COC(=O)c1cc(Cl)c(OC(C)(C)C#N)c(OC)c1. The minimum Gasteiger partial charge on any atom is -0.493 e. The molecule has 1 rings (SSSR count). The number of carbonyl (C=O) groups is 1. The predicted molar refractivity (Wildman–Crippen MR) is 69.7 cm³/mol. The van der Waals surface area contributed by atoms with E-state index >= 15 is 0 Å². The van der Waals surface area contributed by atoms with Gasteiger partial charge in [-0.05, 0) is 26.0 Å². The van der Waals surface area contributed by atoms with Gasteiger partial charge in [0.2, 0.25) is 0 Å². The molecule has 0 atom stereocenters. The predicted octanol–water partition coefficient (Wildman–Crippen LogP) is 2.82. The lowest BCUT2D eigenvalue weighted by atomic mass is 10.1. The molecule has 0 fully saturated rings. The van der Waals surface area contributed by atoms with Crippen molar-refractivity contribution < 1.29 is 19.0 Å². The van der Waals surface area contributed by atoms with E-state index in [4.69, 9.17) is 26.3 Å². The summed E-state index contributed by atoms with van der Waals surface area (Å²) in [5.74, 6) is -0.0640. The van der Waals surface area contributed by atoms with Gasteiger partial charge in [-0.1, -0.05) is 11.6 Å². The lowest BCUT2D eigenvalue weighted by Gasteiger charge is -2.21. The first-order valence-corrected chi connectivity index (χ1v) is 5.78. The molecule has 1 aromatic rings. The van der Waals surface area contributed by atoms with Gasteiger partial charge in [-0.25, -0.2) is 4.79 Å². The highest BCUT2D eigenvalue weighted by Crippen LogP contribution is 2.38. The minimum absolute atomic E-state index is 0.170. The largest absolute Gasteiger partial charge is 0.493 e. The molecule has 0 heterocycles. The normalized spacial score (nSPS) is 10.5. The van der Waals surface area contributed by atoms with Crippen LogP contribution >= 0.6 is 11.6 Å². The maximum absolute atomic E-state index is 11.5. The summed E-state index contributed by atoms with van der Waals surface area (Å²) in [5, 5.41) is 9.13. The number of rotatable bonds is 4. The highest BCUT2D eigenvalue weighted by atomic mass is 35.5. The van der Waals surface area contributed by atoms with E-state index in [-0.39, 0.29) is 22.1 Å². The first-order valence-electron chi connectivity index (χ1n) is 5.40. The number of benzene rings is 1. The third-order valence-electron chi connectivity index (χ3n) is 2.28. The van der Waals surface area contributed by atoms with Gasteiger partial charge < -0.3 is 14.2 Å². The number of ether oxygens (including phenoxy) is 3. The molecule has 19 heavy (non-hydrogen) atoms. The first kappa shape index (κ1) is 15.1. The van der Waals surface area contributed by atoms with E-state index in [1.165, 1.54) is 26.4 Å². The molecular weight excluding hydrogens is 270 g/mol. The summed E-state index contributed by atoms with van der Waals surface area (Å²) in [7, 11) is 2.69. The van der Waals surface area contributed by atoms with E-state index in [1.807, 2.05) is 6.07 Å². The maximum atomic E-state index is 11.5. The van der Waals surface area contributed by atoms with E-state index in [0.29, 0.717) is 0 Å². The van der Waals surface area contributed by atoms with Crippen molar-refractivity contribution in [2.24, 2.45) is 0 Å². The van der Waals surface area contributed by atoms with Gasteiger partial charge in [0.25, 0.3) is 0 Å². The summed E-state index contributed by atoms with van der Waals surface area (Å²) >= 11 is 6.06. The van der Waals surface area contributed by atoms with Crippen LogP contribution in [0.3, 0.4) is 0 Å². The van der Waals surface area contributed by atoms with Crippen molar-refractivity contribution in [3.8, 4) is 17.6 Å². The number of nitrogens with zero attached hydrogens (tertiary/aromatic N) is 1. The monoisotopic (exact) mass is 283 g/mol. The van der Waals surface area contributed by atoms with Gasteiger partial charge >= 0.3 is 5.97 Å². The molecule has 102 valence electrons. The van der Waals surface area contributed by atoms with E-state index in [9.17, 15) is 4.79 Å². The quantitative estimate of drug-likeness (QED) is 0.795. The number of nitriles is 1. The molecule has 0 aliphatic heterocycles. The molecule has 1 aromatic carbocycles. The zero-order valence-electron chi connectivity index (χ0n) is 11.1. The van der Waals surface area contributed by atoms with Gasteiger partial charge in [-0.15, -0.1) is 0 Å². The lowest BCUT2D eigenvalue weighted by Crippen LogP contribution is -2.26. The molecule has 6 heteroatoms. The fourth-order valence-corrected chi connectivity index (χ4v) is 1.58. The van der Waals surface area contributed by atoms with Crippen LogP contribution in [0.25, 0.3) is 0 Å². The summed E-state index contributed by atoms with van der Waals surface area (Å²) in [6.07, 6.45) is 0. The molecule has 0 unspecified atom stereocenters. The van der Waals surface area contributed by atoms with Gasteiger partial charge in [0, 0.05) is 0 Å². The minimum atomic E-state index is -1.07. The van der Waals surface area contributed by atoms with Crippen LogP contribution in [0.4, 0.5) is 0 Å². The summed E-state index contributed by atoms with van der Waals surface area (Å²) in [6, 6.07) is 4.84. The Kier molecular flexibility index (Phi) is 4.62. The van der Waals surface area contributed by atoms with Crippen LogP contribution in [0.1, 0.15) is 24.2 Å². The van der Waals surface area contributed by atoms with Gasteiger partial charge in [-0.2, -0.15) is 5.26 Å². The van der Waals surface area contributed by atoms with E-state index in [2.05, 4.69) is 4.74 Å². The second-order valence-corrected chi connectivity index (χ2v) is 4.61. The first-order chi connectivity index (χ1) is 8.84. The molecule has 0 radical (unpaired) electrons. The van der Waals surface area contributed by atoms with Crippen molar-refractivity contribution in [3.63, 3.8) is 0 Å². The lowest BCUT2D eigenvalue weighted by molar-refractivity contribution is 0.0600. The third-order valence-corrected chi connectivity index (χ3v) is 2.56. The Hall–Kier alpha value is -1.93. The zero-order valence-corrected chi connectivity index (χ0v) is 11.9. The van der Waals surface area contributed by atoms with Crippen molar-refractivity contribution >= 4 is 17.6 Å². The Bertz CT molecular complexity index is 534. The average Bonchev–Trinajstić information content (AvgIpc) is 2.39. The standard InChI is InChI=1S/C13H14ClNO4/c1-13(2,7-15)19-11-9(14)5-8(12(16)18-4)6-10(11)17-3/h5-6H,1-4H3. The van der Waals surface area contributed by atoms with Crippen molar-refractivity contribution in [2.75, 3.05) is 14.2 Å². The Morgan fingerprint density at radius 3 is 2.47 bits per heavy atom. The van der Waals surface area contributed by atoms with Crippen molar-refractivity contribution in [2.45, 2.75) is 19.4 Å². The van der Waals surface area contributed by atoms with E-state index in [1.54, 1.807) is 13.8 Å². The molecule has 0 saturated heterocycles. The van der Waals surface area contributed by atoms with Crippen molar-refractivity contribution in [3.05, 3.63) is 22.7 Å². The van der Waals surface area contributed by atoms with Gasteiger partial charge in [0.05, 0.1) is 24.8 Å². The molecule has 0 spiro atoms. The highest BCUT2D eigenvalue weighted by molar-refractivity contribution is 6.32. The second-order valence-electron chi connectivity index (χ2n) is 4.21. The van der Waals surface area contributed by atoms with Crippen LogP contribution in [0.15, 0.2) is 12.1 Å². The number of hydrogen-bond donors (Lipinski definition) is 0. The van der Waals surface area contributed by atoms with E-state index in [0.717, 1.165) is 0 Å². The van der Waals surface area contributed by atoms with Crippen LogP contribution in [-0.4, -0.2) is 25.8 Å². The molecule has 5 nitrogen and oxygen atoms in total. The van der Waals surface area contributed by atoms with Crippen LogP contribution in [-0.2, 0) is 4.74 Å². The summed E-state index contributed by atoms with van der Waals surface area (Å²) in [4.78, 5) is 11.5. The molecule has 0 saturated carbocycles. The van der Waals surface area contributed by atoms with Gasteiger partial charge in [0.1, 0.15) is 6.07 Å². The van der Waals surface area contributed by atoms with Gasteiger partial charge in [0.15, 0.2) is 17.1 Å². The molecule has 0 aliphatic carbocycles. The molecular formula is C13H14ClNO4. The van der Waals surface area contributed by atoms with Crippen LogP contribution in [0.2, 0.25) is 5.02 Å². The highest BCUT2D eigenvalue weighted by Gasteiger charge is 2.24. The Balaban J connectivity index is 3.27. The number of hydrogen-bond acceptors (Lipinski definition) is 5. The topological polar surface area (TPSA) is 68.5 Å².